The van der Waals surface area contributed by atoms with Gasteiger partial charge in [0.1, 0.15) is 0 Å². The molecule has 0 fully saturated rings. The monoisotopic (exact) mass is 303 g/mol. The highest BCUT2D eigenvalue weighted by Gasteiger charge is 2.08. The number of anilines is 1. The standard InChI is InChI=1S/C15H14BrNO/c1-10-7-8-12(9-11(10)2)15(18)17-14-6-4-3-5-13(14)16/h3-9H,1-2H3,(H,17,18). The number of aryl methyl sites for hydroxylation is 2. The summed E-state index contributed by atoms with van der Waals surface area (Å²) in [6.07, 6.45) is 0. The first kappa shape index (κ1) is 12.8. The molecule has 0 radical (unpaired) electrons. The molecular formula is C15H14BrNO. The van der Waals surface area contributed by atoms with Crippen LogP contribution in [0.5, 0.6) is 0 Å². The van der Waals surface area contributed by atoms with Crippen LogP contribution in [-0.2, 0) is 0 Å². The Hall–Kier alpha value is -1.61. The van der Waals surface area contributed by atoms with Gasteiger partial charge >= 0.3 is 0 Å². The van der Waals surface area contributed by atoms with Crippen molar-refractivity contribution in [2.45, 2.75) is 13.8 Å². The third-order valence-electron chi connectivity index (χ3n) is 2.89. The van der Waals surface area contributed by atoms with Gasteiger partial charge in [0.2, 0.25) is 0 Å². The molecule has 0 aliphatic heterocycles. The number of benzene rings is 2. The predicted octanol–water partition coefficient (Wildman–Crippen LogP) is 4.32. The zero-order chi connectivity index (χ0) is 13.1. The fraction of sp³-hybridized carbons (Fsp3) is 0.133. The van der Waals surface area contributed by atoms with Gasteiger partial charge in [-0.3, -0.25) is 4.79 Å². The van der Waals surface area contributed by atoms with E-state index >= 15 is 0 Å². The van der Waals surface area contributed by atoms with Crippen LogP contribution in [-0.4, -0.2) is 5.91 Å². The zero-order valence-electron chi connectivity index (χ0n) is 10.3. The van der Waals surface area contributed by atoms with Crippen LogP contribution in [0.3, 0.4) is 0 Å². The molecule has 0 aromatic heterocycles. The minimum Gasteiger partial charge on any atom is -0.321 e. The topological polar surface area (TPSA) is 29.1 Å². The Kier molecular flexibility index (Phi) is 3.82. The van der Waals surface area contributed by atoms with Gasteiger partial charge in [-0.05, 0) is 65.2 Å². The average Bonchev–Trinajstić information content (AvgIpc) is 2.35. The van der Waals surface area contributed by atoms with Crippen molar-refractivity contribution in [3.63, 3.8) is 0 Å². The van der Waals surface area contributed by atoms with Gasteiger partial charge in [0.25, 0.3) is 5.91 Å². The summed E-state index contributed by atoms with van der Waals surface area (Å²) in [7, 11) is 0. The maximum absolute atomic E-state index is 12.1. The number of halogens is 1. The number of carbonyl (C=O) groups excluding carboxylic acids is 1. The molecular weight excluding hydrogens is 290 g/mol. The van der Waals surface area contributed by atoms with Crippen molar-refractivity contribution in [2.24, 2.45) is 0 Å². The highest BCUT2D eigenvalue weighted by atomic mass is 79.9. The lowest BCUT2D eigenvalue weighted by atomic mass is 10.1. The number of hydrogen-bond donors (Lipinski definition) is 1. The number of hydrogen-bond acceptors (Lipinski definition) is 1. The zero-order valence-corrected chi connectivity index (χ0v) is 11.9. The molecule has 2 aromatic rings. The summed E-state index contributed by atoms with van der Waals surface area (Å²) < 4.78 is 0.877. The van der Waals surface area contributed by atoms with Gasteiger partial charge in [0.15, 0.2) is 0 Å². The molecule has 0 saturated heterocycles. The highest BCUT2D eigenvalue weighted by molar-refractivity contribution is 9.10. The molecule has 18 heavy (non-hydrogen) atoms. The molecule has 0 unspecified atom stereocenters. The Morgan fingerprint density at radius 2 is 1.78 bits per heavy atom. The van der Waals surface area contributed by atoms with E-state index in [2.05, 4.69) is 21.2 Å². The number of amides is 1. The van der Waals surface area contributed by atoms with Gasteiger partial charge < -0.3 is 5.32 Å². The van der Waals surface area contributed by atoms with Crippen LogP contribution in [0.25, 0.3) is 0 Å². The van der Waals surface area contributed by atoms with Crippen molar-refractivity contribution in [2.75, 3.05) is 5.32 Å². The van der Waals surface area contributed by atoms with E-state index in [1.165, 1.54) is 5.56 Å². The summed E-state index contributed by atoms with van der Waals surface area (Å²) in [6, 6.07) is 13.3. The fourth-order valence-electron chi connectivity index (χ4n) is 1.64. The van der Waals surface area contributed by atoms with Crippen molar-refractivity contribution in [3.05, 3.63) is 63.6 Å². The molecule has 2 aromatic carbocycles. The van der Waals surface area contributed by atoms with E-state index in [1.54, 1.807) is 0 Å². The Morgan fingerprint density at radius 3 is 2.44 bits per heavy atom. The molecule has 0 aliphatic carbocycles. The first-order valence-electron chi connectivity index (χ1n) is 5.71. The van der Waals surface area contributed by atoms with Gasteiger partial charge in [-0.2, -0.15) is 0 Å². The van der Waals surface area contributed by atoms with E-state index < -0.39 is 0 Å². The lowest BCUT2D eigenvalue weighted by molar-refractivity contribution is 0.102. The molecule has 3 heteroatoms. The van der Waals surface area contributed by atoms with Gasteiger partial charge in [-0.1, -0.05) is 18.2 Å². The smallest absolute Gasteiger partial charge is 0.255 e. The van der Waals surface area contributed by atoms with E-state index in [1.807, 2.05) is 56.3 Å². The number of para-hydroxylation sites is 1. The van der Waals surface area contributed by atoms with E-state index in [-0.39, 0.29) is 5.91 Å². The molecule has 1 amide bonds. The SMILES string of the molecule is Cc1ccc(C(=O)Nc2ccccc2Br)cc1C. The van der Waals surface area contributed by atoms with Gasteiger partial charge in [-0.25, -0.2) is 0 Å². The van der Waals surface area contributed by atoms with Crippen molar-refractivity contribution in [1.82, 2.24) is 0 Å². The molecule has 1 N–H and O–H groups in total. The Labute approximate surface area is 115 Å². The van der Waals surface area contributed by atoms with Crippen LogP contribution in [0, 0.1) is 13.8 Å². The molecule has 0 saturated carbocycles. The van der Waals surface area contributed by atoms with Crippen LogP contribution < -0.4 is 5.32 Å². The second kappa shape index (κ2) is 5.36. The Morgan fingerprint density at radius 1 is 1.06 bits per heavy atom. The van der Waals surface area contributed by atoms with Crippen LogP contribution in [0.1, 0.15) is 21.5 Å². The predicted molar refractivity (Wildman–Crippen MR) is 78.0 cm³/mol. The second-order valence-corrected chi connectivity index (χ2v) is 5.09. The molecule has 2 rings (SSSR count). The summed E-state index contributed by atoms with van der Waals surface area (Å²) in [4.78, 5) is 12.1. The first-order valence-corrected chi connectivity index (χ1v) is 6.50. The average molecular weight is 304 g/mol. The maximum Gasteiger partial charge on any atom is 0.255 e. The minimum atomic E-state index is -0.0926. The van der Waals surface area contributed by atoms with E-state index in [4.69, 9.17) is 0 Å². The minimum absolute atomic E-state index is 0.0926. The lowest BCUT2D eigenvalue weighted by Gasteiger charge is -2.08. The van der Waals surface area contributed by atoms with Crippen LogP contribution in [0.4, 0.5) is 5.69 Å². The van der Waals surface area contributed by atoms with Crippen LogP contribution in [0.15, 0.2) is 46.9 Å². The molecule has 0 spiro atoms. The van der Waals surface area contributed by atoms with E-state index in [0.717, 1.165) is 15.7 Å². The van der Waals surface area contributed by atoms with Crippen molar-refractivity contribution >= 4 is 27.5 Å². The fourth-order valence-corrected chi connectivity index (χ4v) is 2.02. The normalized spacial score (nSPS) is 10.2. The van der Waals surface area contributed by atoms with Gasteiger partial charge in [0.05, 0.1) is 5.69 Å². The number of carbonyl (C=O) groups is 1. The molecule has 0 bridgehead atoms. The quantitative estimate of drug-likeness (QED) is 0.879. The Bertz CT molecular complexity index is 593. The summed E-state index contributed by atoms with van der Waals surface area (Å²) in [5.74, 6) is -0.0926. The highest BCUT2D eigenvalue weighted by Crippen LogP contribution is 2.22. The Balaban J connectivity index is 2.22. The first-order chi connectivity index (χ1) is 8.58. The van der Waals surface area contributed by atoms with Crippen LogP contribution >= 0.6 is 15.9 Å². The largest absolute Gasteiger partial charge is 0.321 e. The molecule has 0 heterocycles. The van der Waals surface area contributed by atoms with Crippen molar-refractivity contribution < 1.29 is 4.79 Å². The van der Waals surface area contributed by atoms with E-state index in [9.17, 15) is 4.79 Å². The summed E-state index contributed by atoms with van der Waals surface area (Å²) in [5, 5.41) is 2.89. The van der Waals surface area contributed by atoms with E-state index in [0.29, 0.717) is 5.56 Å². The maximum atomic E-state index is 12.1. The molecule has 92 valence electrons. The van der Waals surface area contributed by atoms with Gasteiger partial charge in [0, 0.05) is 10.0 Å². The summed E-state index contributed by atoms with van der Waals surface area (Å²) in [5.41, 5.74) is 3.76. The molecule has 2 nitrogen and oxygen atoms in total. The second-order valence-electron chi connectivity index (χ2n) is 4.23. The van der Waals surface area contributed by atoms with Crippen molar-refractivity contribution in [3.8, 4) is 0 Å². The molecule has 0 aliphatic rings. The third-order valence-corrected chi connectivity index (χ3v) is 3.58. The van der Waals surface area contributed by atoms with Crippen LogP contribution in [0.2, 0.25) is 0 Å². The summed E-state index contributed by atoms with van der Waals surface area (Å²) in [6.45, 7) is 4.04. The van der Waals surface area contributed by atoms with Crippen molar-refractivity contribution in [1.29, 1.82) is 0 Å². The number of rotatable bonds is 2. The third kappa shape index (κ3) is 2.79. The van der Waals surface area contributed by atoms with Gasteiger partial charge in [-0.15, -0.1) is 0 Å². The lowest BCUT2D eigenvalue weighted by Crippen LogP contribution is -2.12. The number of nitrogens with one attached hydrogen (secondary N) is 1. The molecule has 0 atom stereocenters. The summed E-state index contributed by atoms with van der Waals surface area (Å²) >= 11 is 3.41.